The molecule has 0 N–H and O–H groups in total. The Morgan fingerprint density at radius 3 is 0.821 bits per heavy atom. The van der Waals surface area contributed by atoms with Crippen molar-refractivity contribution in [2.75, 3.05) is 0 Å². The Hall–Kier alpha value is -2.00. The summed E-state index contributed by atoms with van der Waals surface area (Å²) in [5.74, 6) is 0. The summed E-state index contributed by atoms with van der Waals surface area (Å²) < 4.78 is 6.91. The molecule has 4 aromatic carbocycles. The van der Waals surface area contributed by atoms with E-state index in [1.807, 2.05) is 0 Å². The van der Waals surface area contributed by atoms with E-state index in [0.717, 1.165) is 0 Å². The minimum atomic E-state index is -1.47. The molecule has 0 fully saturated rings. The van der Waals surface area contributed by atoms with E-state index in [9.17, 15) is 0 Å². The fraction of sp³-hybridized carbons (Fsp3) is 0.0769. The quantitative estimate of drug-likeness (QED) is 0.366. The molecule has 0 aliphatic heterocycles. The van der Waals surface area contributed by atoms with E-state index in [1.165, 1.54) is 0 Å². The van der Waals surface area contributed by atoms with Crippen molar-refractivity contribution in [3.63, 3.8) is 0 Å². The third-order valence-corrected chi connectivity index (χ3v) is 20.2. The first kappa shape index (κ1) is 19.3. The second-order valence-corrected chi connectivity index (χ2v) is 19.3. The molecule has 0 atom stereocenters. The van der Waals surface area contributed by atoms with Crippen molar-refractivity contribution in [2.24, 2.45) is 0 Å². The summed E-state index contributed by atoms with van der Waals surface area (Å²) in [5.41, 5.74) is 0. The zero-order valence-corrected chi connectivity index (χ0v) is 19.8. The minimum absolute atomic E-state index is 0.689. The van der Waals surface area contributed by atoms with Gasteiger partial charge in [-0.25, -0.2) is 0 Å². The molecular formula is C26H24As2. The van der Waals surface area contributed by atoms with Crippen LogP contribution in [0.15, 0.2) is 121 Å². The first-order valence-corrected chi connectivity index (χ1v) is 15.6. The maximum atomic E-state index is 2.53. The average molecular weight is 486 g/mol. The molecule has 28 heavy (non-hydrogen) atoms. The van der Waals surface area contributed by atoms with Crippen LogP contribution in [0.25, 0.3) is 0 Å². The van der Waals surface area contributed by atoms with E-state index in [2.05, 4.69) is 128 Å². The Bertz CT molecular complexity index is 808. The van der Waals surface area contributed by atoms with Crippen LogP contribution in [0.4, 0.5) is 0 Å². The SMILES string of the molecule is CC([As](c1ccccc1)c1ccccc1)[As](c1ccccc1)c1ccccc1. The molecule has 0 bridgehead atoms. The summed E-state index contributed by atoms with van der Waals surface area (Å²) in [6, 6.07) is 45.0. The molecule has 0 heterocycles. The van der Waals surface area contributed by atoms with Crippen molar-refractivity contribution in [1.29, 1.82) is 0 Å². The normalized spacial score (nSPS) is 11.3. The standard InChI is InChI=1S/C26H24As2/c1-22(27(23-14-6-2-7-15-23)24-16-8-3-9-17-24)28(25-18-10-4-11-19-25)26-20-12-5-13-21-26/h2-22H,1H3. The third-order valence-electron chi connectivity index (χ3n) is 4.88. The molecule has 0 saturated heterocycles. The zero-order valence-electron chi connectivity index (χ0n) is 16.0. The molecule has 0 nitrogen and oxygen atoms in total. The number of rotatable bonds is 6. The Labute approximate surface area is 177 Å². The van der Waals surface area contributed by atoms with Gasteiger partial charge in [0.25, 0.3) is 0 Å². The van der Waals surface area contributed by atoms with Crippen LogP contribution in [0.1, 0.15) is 6.92 Å². The van der Waals surface area contributed by atoms with E-state index in [0.29, 0.717) is 3.49 Å². The fourth-order valence-electron chi connectivity index (χ4n) is 3.63. The zero-order chi connectivity index (χ0) is 19.2. The third kappa shape index (κ3) is 4.35. The van der Waals surface area contributed by atoms with Gasteiger partial charge in [0.15, 0.2) is 0 Å². The van der Waals surface area contributed by atoms with Gasteiger partial charge in [-0.05, 0) is 0 Å². The summed E-state index contributed by atoms with van der Waals surface area (Å²) >= 11 is -2.93. The van der Waals surface area contributed by atoms with Gasteiger partial charge in [0.2, 0.25) is 0 Å². The van der Waals surface area contributed by atoms with Crippen LogP contribution in [0.5, 0.6) is 0 Å². The molecule has 0 aliphatic rings. The molecule has 0 aromatic heterocycles. The molecule has 0 saturated carbocycles. The van der Waals surface area contributed by atoms with Gasteiger partial charge in [-0.15, -0.1) is 0 Å². The van der Waals surface area contributed by atoms with E-state index in [1.54, 1.807) is 17.4 Å². The second kappa shape index (κ2) is 9.47. The molecule has 0 aliphatic carbocycles. The molecular weight excluding hydrogens is 462 g/mol. The second-order valence-electron chi connectivity index (χ2n) is 6.71. The summed E-state index contributed by atoms with van der Waals surface area (Å²) in [7, 11) is 0. The number of benzene rings is 4. The van der Waals surface area contributed by atoms with Crippen molar-refractivity contribution in [3.05, 3.63) is 121 Å². The first-order chi connectivity index (χ1) is 13.8. The van der Waals surface area contributed by atoms with Gasteiger partial charge in [0, 0.05) is 0 Å². The van der Waals surface area contributed by atoms with Gasteiger partial charge < -0.3 is 0 Å². The van der Waals surface area contributed by atoms with Crippen LogP contribution in [0, 0.1) is 0 Å². The fourth-order valence-corrected chi connectivity index (χ4v) is 21.5. The maximum absolute atomic E-state index is 2.53. The summed E-state index contributed by atoms with van der Waals surface area (Å²) in [6.45, 7) is 2.53. The number of hydrogen-bond acceptors (Lipinski definition) is 0. The summed E-state index contributed by atoms with van der Waals surface area (Å²) in [6.07, 6.45) is 0. The van der Waals surface area contributed by atoms with Crippen molar-refractivity contribution < 1.29 is 0 Å². The average Bonchev–Trinajstić information content (AvgIpc) is 2.77. The van der Waals surface area contributed by atoms with Crippen LogP contribution in [-0.2, 0) is 0 Å². The van der Waals surface area contributed by atoms with E-state index in [-0.39, 0.29) is 0 Å². The van der Waals surface area contributed by atoms with E-state index >= 15 is 0 Å². The van der Waals surface area contributed by atoms with E-state index < -0.39 is 29.3 Å². The monoisotopic (exact) mass is 486 g/mol. The summed E-state index contributed by atoms with van der Waals surface area (Å²) in [5, 5.41) is 0. The van der Waals surface area contributed by atoms with Crippen molar-refractivity contribution in [3.8, 4) is 0 Å². The topological polar surface area (TPSA) is 0 Å². The van der Waals surface area contributed by atoms with Gasteiger partial charge in [-0.3, -0.25) is 0 Å². The Balaban J connectivity index is 1.84. The van der Waals surface area contributed by atoms with Gasteiger partial charge >= 0.3 is 178 Å². The van der Waals surface area contributed by atoms with Crippen molar-refractivity contribution >= 4 is 46.7 Å². The van der Waals surface area contributed by atoms with Crippen LogP contribution in [-0.4, -0.2) is 29.3 Å². The molecule has 0 spiro atoms. The van der Waals surface area contributed by atoms with Crippen LogP contribution < -0.4 is 17.4 Å². The first-order valence-electron chi connectivity index (χ1n) is 9.63. The molecule has 138 valence electrons. The van der Waals surface area contributed by atoms with Crippen molar-refractivity contribution in [1.82, 2.24) is 0 Å². The Morgan fingerprint density at radius 2 is 0.607 bits per heavy atom. The Kier molecular flexibility index (Phi) is 6.53. The Morgan fingerprint density at radius 1 is 0.393 bits per heavy atom. The predicted octanol–water partition coefficient (Wildman–Crippen LogP) is 3.53. The van der Waals surface area contributed by atoms with Gasteiger partial charge in [0.1, 0.15) is 0 Å². The van der Waals surface area contributed by atoms with Crippen LogP contribution in [0.2, 0.25) is 3.49 Å². The van der Waals surface area contributed by atoms with Gasteiger partial charge in [-0.1, -0.05) is 0 Å². The van der Waals surface area contributed by atoms with Crippen LogP contribution >= 0.6 is 0 Å². The molecule has 4 rings (SSSR count). The van der Waals surface area contributed by atoms with E-state index in [4.69, 9.17) is 0 Å². The van der Waals surface area contributed by atoms with Gasteiger partial charge in [0.05, 0.1) is 0 Å². The summed E-state index contributed by atoms with van der Waals surface area (Å²) in [4.78, 5) is 0. The molecule has 4 aromatic rings. The molecule has 0 amide bonds. The molecule has 2 heteroatoms. The van der Waals surface area contributed by atoms with Crippen LogP contribution in [0.3, 0.4) is 0 Å². The van der Waals surface area contributed by atoms with Gasteiger partial charge in [-0.2, -0.15) is 0 Å². The molecule has 0 unspecified atom stereocenters. The molecule has 0 radical (unpaired) electrons. The van der Waals surface area contributed by atoms with Crippen molar-refractivity contribution in [2.45, 2.75) is 10.4 Å². The number of hydrogen-bond donors (Lipinski definition) is 0. The predicted molar refractivity (Wildman–Crippen MR) is 125 cm³/mol.